The fourth-order valence-corrected chi connectivity index (χ4v) is 6.16. The molecule has 0 spiro atoms. The first-order valence-corrected chi connectivity index (χ1v) is 8.65. The van der Waals surface area contributed by atoms with Crippen LogP contribution in [0.5, 0.6) is 0 Å². The summed E-state index contributed by atoms with van der Waals surface area (Å²) in [6.45, 7) is 0. The van der Waals surface area contributed by atoms with Crippen molar-refractivity contribution >= 4 is 16.0 Å². The molecular formula is C13H21NO4S. The van der Waals surface area contributed by atoms with Crippen molar-refractivity contribution in [2.24, 2.45) is 23.7 Å². The Morgan fingerprint density at radius 2 is 1.58 bits per heavy atom. The SMILES string of the molecule is CN(C1C2CC3CC(C2)CC1C3)S(=O)(=O)CC(=O)O. The van der Waals surface area contributed by atoms with Crippen LogP contribution in [0.1, 0.15) is 32.1 Å². The normalized spacial score (nSPS) is 40.8. The quantitative estimate of drug-likeness (QED) is 0.842. The number of carboxylic acids is 1. The van der Waals surface area contributed by atoms with Crippen LogP contribution in [-0.2, 0) is 14.8 Å². The molecule has 0 atom stereocenters. The summed E-state index contributed by atoms with van der Waals surface area (Å²) in [6, 6.07) is 0.0390. The van der Waals surface area contributed by atoms with Crippen molar-refractivity contribution in [2.45, 2.75) is 38.1 Å². The van der Waals surface area contributed by atoms with Crippen molar-refractivity contribution in [3.8, 4) is 0 Å². The van der Waals surface area contributed by atoms with Gasteiger partial charge >= 0.3 is 5.97 Å². The summed E-state index contributed by atoms with van der Waals surface area (Å²) >= 11 is 0. The summed E-state index contributed by atoms with van der Waals surface area (Å²) in [7, 11) is -2.10. The molecule has 19 heavy (non-hydrogen) atoms. The van der Waals surface area contributed by atoms with Crippen molar-refractivity contribution < 1.29 is 18.3 Å². The smallest absolute Gasteiger partial charge is 0.320 e. The van der Waals surface area contributed by atoms with Gasteiger partial charge in [-0.1, -0.05) is 0 Å². The fourth-order valence-electron chi connectivity index (χ4n) is 4.93. The highest BCUT2D eigenvalue weighted by Crippen LogP contribution is 2.55. The predicted octanol–water partition coefficient (Wildman–Crippen LogP) is 1.16. The number of sulfonamides is 1. The van der Waals surface area contributed by atoms with Crippen molar-refractivity contribution in [3.05, 3.63) is 0 Å². The molecule has 108 valence electrons. The molecule has 4 rings (SSSR count). The van der Waals surface area contributed by atoms with Gasteiger partial charge in [0.25, 0.3) is 0 Å². The van der Waals surface area contributed by atoms with E-state index in [1.807, 2.05) is 0 Å². The third kappa shape index (κ3) is 2.29. The van der Waals surface area contributed by atoms with Gasteiger partial charge in [0, 0.05) is 13.1 Å². The molecule has 4 saturated carbocycles. The van der Waals surface area contributed by atoms with E-state index >= 15 is 0 Å². The first-order chi connectivity index (χ1) is 8.87. The first-order valence-electron chi connectivity index (χ1n) is 7.04. The zero-order valence-electron chi connectivity index (χ0n) is 11.2. The van der Waals surface area contributed by atoms with Gasteiger partial charge in [0.2, 0.25) is 10.0 Å². The number of carboxylic acid groups (broad SMARTS) is 1. The number of hydrogen-bond acceptors (Lipinski definition) is 3. The molecule has 0 unspecified atom stereocenters. The maximum Gasteiger partial charge on any atom is 0.320 e. The van der Waals surface area contributed by atoms with Gasteiger partial charge in [0.1, 0.15) is 0 Å². The molecule has 0 aromatic rings. The summed E-state index contributed by atoms with van der Waals surface area (Å²) in [5.74, 6) is 0.417. The molecule has 0 aromatic carbocycles. The summed E-state index contributed by atoms with van der Waals surface area (Å²) in [6.07, 6.45) is 5.84. The lowest BCUT2D eigenvalue weighted by Crippen LogP contribution is -2.56. The highest BCUT2D eigenvalue weighted by molar-refractivity contribution is 7.89. The predicted molar refractivity (Wildman–Crippen MR) is 70.0 cm³/mol. The average Bonchev–Trinajstić information content (AvgIpc) is 2.25. The second-order valence-electron chi connectivity index (χ2n) is 6.59. The molecule has 0 aromatic heterocycles. The molecule has 4 aliphatic rings. The molecular weight excluding hydrogens is 266 g/mol. The van der Waals surface area contributed by atoms with Gasteiger partial charge in [-0.25, -0.2) is 12.7 Å². The Balaban J connectivity index is 1.80. The van der Waals surface area contributed by atoms with Crippen LogP contribution in [0, 0.1) is 23.7 Å². The average molecular weight is 287 g/mol. The minimum absolute atomic E-state index is 0.0390. The standard InChI is InChI=1S/C13H21NO4S/c1-14(19(17,18)7-12(15)16)13-10-3-8-2-9(5-10)6-11(13)4-8/h8-11,13H,2-7H2,1H3,(H,15,16). The number of aliphatic carboxylic acids is 1. The first kappa shape index (κ1) is 13.4. The molecule has 0 radical (unpaired) electrons. The molecule has 4 fully saturated rings. The number of carbonyl (C=O) groups is 1. The van der Waals surface area contributed by atoms with E-state index < -0.39 is 21.7 Å². The molecule has 1 N–H and O–H groups in total. The van der Waals surface area contributed by atoms with E-state index in [9.17, 15) is 13.2 Å². The highest BCUT2D eigenvalue weighted by Gasteiger charge is 2.51. The van der Waals surface area contributed by atoms with Gasteiger partial charge in [-0.3, -0.25) is 4.79 Å². The van der Waals surface area contributed by atoms with Crippen LogP contribution in [0.2, 0.25) is 0 Å². The molecule has 4 aliphatic carbocycles. The van der Waals surface area contributed by atoms with E-state index in [0.717, 1.165) is 37.5 Å². The lowest BCUT2D eigenvalue weighted by Gasteiger charge is -2.56. The number of hydrogen-bond donors (Lipinski definition) is 1. The lowest BCUT2D eigenvalue weighted by atomic mass is 9.54. The van der Waals surface area contributed by atoms with E-state index in [4.69, 9.17) is 5.11 Å². The lowest BCUT2D eigenvalue weighted by molar-refractivity contribution is -0.134. The van der Waals surface area contributed by atoms with Crippen LogP contribution < -0.4 is 0 Å². The minimum Gasteiger partial charge on any atom is -0.480 e. The van der Waals surface area contributed by atoms with Crippen molar-refractivity contribution in [2.75, 3.05) is 12.8 Å². The molecule has 6 heteroatoms. The van der Waals surface area contributed by atoms with E-state index in [-0.39, 0.29) is 6.04 Å². The maximum atomic E-state index is 12.1. The Labute approximate surface area is 114 Å². The molecule has 0 amide bonds. The Kier molecular flexibility index (Phi) is 3.13. The van der Waals surface area contributed by atoms with Gasteiger partial charge in [-0.15, -0.1) is 0 Å². The van der Waals surface area contributed by atoms with Crippen molar-refractivity contribution in [1.29, 1.82) is 0 Å². The van der Waals surface area contributed by atoms with Gasteiger partial charge < -0.3 is 5.11 Å². The summed E-state index contributed by atoms with van der Waals surface area (Å²) in [5, 5.41) is 8.74. The monoisotopic (exact) mass is 287 g/mol. The molecule has 0 aliphatic heterocycles. The van der Waals surface area contributed by atoms with Crippen LogP contribution in [-0.4, -0.2) is 42.6 Å². The molecule has 0 heterocycles. The Morgan fingerprint density at radius 1 is 1.11 bits per heavy atom. The van der Waals surface area contributed by atoms with Crippen molar-refractivity contribution in [3.63, 3.8) is 0 Å². The second kappa shape index (κ2) is 4.45. The van der Waals surface area contributed by atoms with Crippen LogP contribution >= 0.6 is 0 Å². The van der Waals surface area contributed by atoms with E-state index in [0.29, 0.717) is 11.8 Å². The molecule has 4 bridgehead atoms. The largest absolute Gasteiger partial charge is 0.480 e. The fraction of sp³-hybridized carbons (Fsp3) is 0.923. The van der Waals surface area contributed by atoms with E-state index in [1.54, 1.807) is 7.05 Å². The van der Waals surface area contributed by atoms with Gasteiger partial charge in [-0.05, 0) is 55.8 Å². The summed E-state index contributed by atoms with van der Waals surface area (Å²) in [5.41, 5.74) is 0. The minimum atomic E-state index is -3.67. The van der Waals surface area contributed by atoms with Gasteiger partial charge in [0.05, 0.1) is 0 Å². The second-order valence-corrected chi connectivity index (χ2v) is 8.62. The van der Waals surface area contributed by atoms with E-state index in [1.165, 1.54) is 10.7 Å². The Morgan fingerprint density at radius 3 is 2.00 bits per heavy atom. The molecule has 0 saturated heterocycles. The third-order valence-corrected chi connectivity index (χ3v) is 7.07. The number of nitrogens with zero attached hydrogens (tertiary/aromatic N) is 1. The summed E-state index contributed by atoms with van der Waals surface area (Å²) in [4.78, 5) is 10.7. The maximum absolute atomic E-state index is 12.1. The summed E-state index contributed by atoms with van der Waals surface area (Å²) < 4.78 is 25.6. The van der Waals surface area contributed by atoms with Crippen LogP contribution in [0.25, 0.3) is 0 Å². The van der Waals surface area contributed by atoms with Crippen LogP contribution in [0.15, 0.2) is 0 Å². The van der Waals surface area contributed by atoms with Crippen molar-refractivity contribution in [1.82, 2.24) is 4.31 Å². The van der Waals surface area contributed by atoms with Gasteiger partial charge in [-0.2, -0.15) is 0 Å². The topological polar surface area (TPSA) is 74.7 Å². The number of rotatable bonds is 4. The third-order valence-electron chi connectivity index (χ3n) is 5.34. The Hall–Kier alpha value is -0.620. The van der Waals surface area contributed by atoms with Crippen LogP contribution in [0.4, 0.5) is 0 Å². The van der Waals surface area contributed by atoms with Crippen LogP contribution in [0.3, 0.4) is 0 Å². The highest BCUT2D eigenvalue weighted by atomic mass is 32.2. The Bertz CT molecular complexity index is 459. The molecule has 5 nitrogen and oxygen atoms in total. The van der Waals surface area contributed by atoms with E-state index in [2.05, 4.69) is 0 Å². The zero-order chi connectivity index (χ0) is 13.8. The van der Waals surface area contributed by atoms with Gasteiger partial charge in [0.15, 0.2) is 5.75 Å². The zero-order valence-corrected chi connectivity index (χ0v) is 12.0.